The molecule has 1 aromatic heterocycles. The maximum atomic E-state index is 12.5. The van der Waals surface area contributed by atoms with Crippen molar-refractivity contribution < 1.29 is 13.2 Å². The largest absolute Gasteiger partial charge is 0.403 e. The highest BCUT2D eigenvalue weighted by Crippen LogP contribution is 2.28. The molecule has 2 heterocycles. The molecule has 1 aliphatic heterocycles. The van der Waals surface area contributed by atoms with Crippen LogP contribution in [0.1, 0.15) is 25.1 Å². The van der Waals surface area contributed by atoms with Crippen LogP contribution in [0.25, 0.3) is 0 Å². The lowest BCUT2D eigenvalue weighted by molar-refractivity contribution is -0.163. The van der Waals surface area contributed by atoms with Crippen LogP contribution in [0.3, 0.4) is 0 Å². The molecule has 0 bridgehead atoms. The summed E-state index contributed by atoms with van der Waals surface area (Å²) in [6.45, 7) is 0. The lowest BCUT2D eigenvalue weighted by atomic mass is 9.96. The third-order valence-corrected chi connectivity index (χ3v) is 2.86. The second kappa shape index (κ2) is 4.59. The van der Waals surface area contributed by atoms with Gasteiger partial charge >= 0.3 is 6.18 Å². The molecule has 0 radical (unpaired) electrons. The van der Waals surface area contributed by atoms with Crippen LogP contribution in [0.4, 0.5) is 13.2 Å². The second-order valence-corrected chi connectivity index (χ2v) is 4.29. The summed E-state index contributed by atoms with van der Waals surface area (Å²) in [4.78, 5) is 1.30. The number of rotatable bonds is 2. The molecule has 2 rings (SSSR count). The van der Waals surface area contributed by atoms with E-state index in [2.05, 4.69) is 20.7 Å². The summed E-state index contributed by atoms with van der Waals surface area (Å²) >= 11 is 0. The standard InChI is InChI=1S/C9H14F3N5/c1-17-15-8(14-16-17)5-6-3-2-4-7(13-6)9(10,11)12/h6-7,13H,2-5H2,1H3. The van der Waals surface area contributed by atoms with Crippen LogP contribution in [-0.4, -0.2) is 38.5 Å². The third-order valence-electron chi connectivity index (χ3n) is 2.86. The smallest absolute Gasteiger partial charge is 0.303 e. The van der Waals surface area contributed by atoms with Crippen molar-refractivity contribution in [3.63, 3.8) is 0 Å². The molecule has 2 atom stereocenters. The Hall–Kier alpha value is -1.18. The van der Waals surface area contributed by atoms with Gasteiger partial charge in [-0.1, -0.05) is 0 Å². The van der Waals surface area contributed by atoms with E-state index in [1.807, 2.05) is 0 Å². The number of hydrogen-bond donors (Lipinski definition) is 1. The minimum atomic E-state index is -4.17. The van der Waals surface area contributed by atoms with E-state index in [-0.39, 0.29) is 12.5 Å². The van der Waals surface area contributed by atoms with E-state index in [0.717, 1.165) is 0 Å². The zero-order valence-corrected chi connectivity index (χ0v) is 9.41. The number of tetrazole rings is 1. The van der Waals surface area contributed by atoms with Gasteiger partial charge in [0, 0.05) is 12.5 Å². The first kappa shape index (κ1) is 12.3. The molecule has 2 unspecified atom stereocenters. The summed E-state index contributed by atoms with van der Waals surface area (Å²) in [7, 11) is 1.63. The average Bonchev–Trinajstić information content (AvgIpc) is 2.63. The molecule has 1 fully saturated rings. The Morgan fingerprint density at radius 1 is 1.41 bits per heavy atom. The molecule has 0 amide bonds. The number of alkyl halides is 3. The molecule has 17 heavy (non-hydrogen) atoms. The maximum absolute atomic E-state index is 12.5. The van der Waals surface area contributed by atoms with Crippen molar-refractivity contribution in [3.05, 3.63) is 5.82 Å². The van der Waals surface area contributed by atoms with E-state index in [1.54, 1.807) is 7.05 Å². The average molecular weight is 249 g/mol. The van der Waals surface area contributed by atoms with Gasteiger partial charge in [-0.15, -0.1) is 10.2 Å². The number of aromatic nitrogens is 4. The van der Waals surface area contributed by atoms with Crippen molar-refractivity contribution in [2.75, 3.05) is 0 Å². The Morgan fingerprint density at radius 2 is 2.18 bits per heavy atom. The second-order valence-electron chi connectivity index (χ2n) is 4.29. The van der Waals surface area contributed by atoms with Crippen LogP contribution in [0.5, 0.6) is 0 Å². The van der Waals surface area contributed by atoms with E-state index in [1.165, 1.54) is 4.80 Å². The fourth-order valence-electron chi connectivity index (χ4n) is 2.06. The summed E-state index contributed by atoms with van der Waals surface area (Å²) in [6.07, 6.45) is -2.35. The molecule has 96 valence electrons. The summed E-state index contributed by atoms with van der Waals surface area (Å²) in [6, 6.07) is -1.63. The molecule has 1 N–H and O–H groups in total. The van der Waals surface area contributed by atoms with E-state index in [4.69, 9.17) is 0 Å². The van der Waals surface area contributed by atoms with Gasteiger partial charge in [-0.05, 0) is 24.5 Å². The lowest BCUT2D eigenvalue weighted by Gasteiger charge is -2.31. The Kier molecular flexibility index (Phi) is 3.32. The number of halogens is 3. The number of aryl methyl sites for hydroxylation is 1. The Balaban J connectivity index is 1.94. The van der Waals surface area contributed by atoms with E-state index in [0.29, 0.717) is 25.1 Å². The topological polar surface area (TPSA) is 55.6 Å². The van der Waals surface area contributed by atoms with Gasteiger partial charge in [0.15, 0.2) is 5.82 Å². The van der Waals surface area contributed by atoms with Crippen molar-refractivity contribution in [2.45, 2.75) is 43.9 Å². The highest BCUT2D eigenvalue weighted by atomic mass is 19.4. The number of nitrogens with zero attached hydrogens (tertiary/aromatic N) is 4. The highest BCUT2D eigenvalue weighted by molar-refractivity contribution is 4.91. The van der Waals surface area contributed by atoms with Crippen LogP contribution in [-0.2, 0) is 13.5 Å². The molecule has 1 aromatic rings. The number of hydrogen-bond acceptors (Lipinski definition) is 4. The van der Waals surface area contributed by atoms with E-state index in [9.17, 15) is 13.2 Å². The minimum Gasteiger partial charge on any atom is -0.303 e. The van der Waals surface area contributed by atoms with Crippen molar-refractivity contribution in [2.24, 2.45) is 7.05 Å². The molecular formula is C9H14F3N5. The molecule has 0 saturated carbocycles. The Morgan fingerprint density at radius 3 is 2.76 bits per heavy atom. The Labute approximate surface area is 96.4 Å². The van der Waals surface area contributed by atoms with Crippen LogP contribution in [0.2, 0.25) is 0 Å². The minimum absolute atomic E-state index is 0.147. The zero-order chi connectivity index (χ0) is 12.5. The molecule has 0 aliphatic carbocycles. The van der Waals surface area contributed by atoms with Gasteiger partial charge in [-0.2, -0.15) is 18.0 Å². The fraction of sp³-hybridized carbons (Fsp3) is 0.889. The highest BCUT2D eigenvalue weighted by Gasteiger charge is 2.42. The molecule has 8 heteroatoms. The van der Waals surface area contributed by atoms with Crippen molar-refractivity contribution in [1.82, 2.24) is 25.5 Å². The van der Waals surface area contributed by atoms with Gasteiger partial charge in [0.25, 0.3) is 0 Å². The SMILES string of the molecule is Cn1nnc(CC2CCCC(C(F)(F)F)N2)n1. The monoisotopic (exact) mass is 249 g/mol. The first-order valence-electron chi connectivity index (χ1n) is 5.51. The van der Waals surface area contributed by atoms with Gasteiger partial charge in [0.2, 0.25) is 0 Å². The van der Waals surface area contributed by atoms with Gasteiger partial charge in [-0.3, -0.25) is 0 Å². The lowest BCUT2D eigenvalue weighted by Crippen LogP contribution is -2.51. The molecular weight excluding hydrogens is 235 g/mol. The van der Waals surface area contributed by atoms with Gasteiger partial charge in [0.1, 0.15) is 6.04 Å². The summed E-state index contributed by atoms with van der Waals surface area (Å²) in [5.41, 5.74) is 0. The molecule has 0 spiro atoms. The first-order chi connectivity index (χ1) is 7.95. The number of nitrogens with one attached hydrogen (secondary N) is 1. The van der Waals surface area contributed by atoms with Gasteiger partial charge in [-0.25, -0.2) is 0 Å². The van der Waals surface area contributed by atoms with Crippen LogP contribution < -0.4 is 5.32 Å². The molecule has 0 aromatic carbocycles. The maximum Gasteiger partial charge on any atom is 0.403 e. The Bertz CT molecular complexity index is 375. The summed E-state index contributed by atoms with van der Waals surface area (Å²) in [5.74, 6) is 0.479. The van der Waals surface area contributed by atoms with Crippen LogP contribution >= 0.6 is 0 Å². The zero-order valence-electron chi connectivity index (χ0n) is 9.41. The van der Waals surface area contributed by atoms with Gasteiger partial charge in [0.05, 0.1) is 7.05 Å². The van der Waals surface area contributed by atoms with Crippen LogP contribution in [0.15, 0.2) is 0 Å². The van der Waals surface area contributed by atoms with Crippen molar-refractivity contribution in [1.29, 1.82) is 0 Å². The summed E-state index contributed by atoms with van der Waals surface area (Å²) < 4.78 is 37.6. The van der Waals surface area contributed by atoms with E-state index >= 15 is 0 Å². The molecule has 1 saturated heterocycles. The summed E-state index contributed by atoms with van der Waals surface area (Å²) in [5, 5.41) is 14.0. The van der Waals surface area contributed by atoms with Crippen molar-refractivity contribution in [3.8, 4) is 0 Å². The fourth-order valence-corrected chi connectivity index (χ4v) is 2.06. The normalized spacial score (nSPS) is 26.1. The van der Waals surface area contributed by atoms with Crippen molar-refractivity contribution >= 4 is 0 Å². The predicted octanol–water partition coefficient (Wildman–Crippen LogP) is 0.826. The predicted molar refractivity (Wildman–Crippen MR) is 53.1 cm³/mol. The third kappa shape index (κ3) is 3.15. The number of piperidine rings is 1. The first-order valence-corrected chi connectivity index (χ1v) is 5.51. The quantitative estimate of drug-likeness (QED) is 0.843. The molecule has 1 aliphatic rings. The van der Waals surface area contributed by atoms with Gasteiger partial charge < -0.3 is 5.32 Å². The van der Waals surface area contributed by atoms with Crippen LogP contribution in [0, 0.1) is 0 Å². The van der Waals surface area contributed by atoms with E-state index < -0.39 is 12.2 Å². The molecule has 5 nitrogen and oxygen atoms in total.